The quantitative estimate of drug-likeness (QED) is 0.630. The van der Waals surface area contributed by atoms with Crippen LogP contribution in [0.1, 0.15) is 29.9 Å². The van der Waals surface area contributed by atoms with Gasteiger partial charge in [0.15, 0.2) is 6.61 Å². The molecule has 7 heteroatoms. The number of nitrogens with one attached hydrogen (secondary N) is 1. The van der Waals surface area contributed by atoms with Crippen LogP contribution in [0, 0.1) is 4.84 Å². The Morgan fingerprint density at radius 3 is 2.75 bits per heavy atom. The number of amides is 1. The van der Waals surface area contributed by atoms with Crippen molar-refractivity contribution in [2.45, 2.75) is 38.8 Å². The van der Waals surface area contributed by atoms with Gasteiger partial charge in [-0.2, -0.15) is 0 Å². The van der Waals surface area contributed by atoms with Crippen LogP contribution in [-0.2, 0) is 30.8 Å². The maximum absolute atomic E-state index is 12.2. The van der Waals surface area contributed by atoms with Gasteiger partial charge in [-0.25, -0.2) is 4.68 Å². The average molecular weight is 395 g/mol. The molecule has 1 heterocycles. The minimum absolute atomic E-state index is 0.0178. The summed E-state index contributed by atoms with van der Waals surface area (Å²) in [6.45, 7) is 0.145. The van der Waals surface area contributed by atoms with Gasteiger partial charge in [-0.15, -0.1) is 5.10 Å². The van der Waals surface area contributed by atoms with Crippen molar-refractivity contribution >= 4 is 23.8 Å². The van der Waals surface area contributed by atoms with E-state index in [1.165, 1.54) is 28.7 Å². The highest BCUT2D eigenvalue weighted by Gasteiger charge is 2.13. The SMILES string of the molecule is O=C(Cn1nc(COc2ccc3c(c2)CCCC3)oc1=S)Nc1ccccc1. The smallest absolute Gasteiger partial charge is 0.287 e. The Bertz CT molecular complexity index is 1030. The van der Waals surface area contributed by atoms with Crippen molar-refractivity contribution in [3.63, 3.8) is 0 Å². The van der Waals surface area contributed by atoms with E-state index in [0.29, 0.717) is 5.89 Å². The lowest BCUT2D eigenvalue weighted by atomic mass is 9.92. The molecule has 1 amide bonds. The first-order valence-electron chi connectivity index (χ1n) is 9.34. The van der Waals surface area contributed by atoms with Crippen LogP contribution in [0.15, 0.2) is 52.9 Å². The first kappa shape index (κ1) is 18.4. The third kappa shape index (κ3) is 4.48. The van der Waals surface area contributed by atoms with Crippen molar-refractivity contribution < 1.29 is 13.9 Å². The first-order chi connectivity index (χ1) is 13.7. The number of rotatable bonds is 6. The Labute approximate surface area is 168 Å². The number of carbonyl (C=O) groups excluding carboxylic acids is 1. The van der Waals surface area contributed by atoms with E-state index in [4.69, 9.17) is 21.4 Å². The molecule has 1 N–H and O–H groups in total. The molecule has 0 saturated carbocycles. The van der Waals surface area contributed by atoms with Gasteiger partial charge in [0.1, 0.15) is 12.3 Å². The summed E-state index contributed by atoms with van der Waals surface area (Å²) < 4.78 is 12.6. The standard InChI is InChI=1S/C21H21N3O3S/c25-19(22-17-8-2-1-3-9-17)13-24-21(28)27-20(23-24)14-26-18-11-10-15-6-4-5-7-16(15)12-18/h1-3,8-12H,4-7,13-14H2,(H,22,25). The van der Waals surface area contributed by atoms with E-state index in [9.17, 15) is 4.79 Å². The summed E-state index contributed by atoms with van der Waals surface area (Å²) in [6, 6.07) is 15.4. The van der Waals surface area contributed by atoms with Crippen LogP contribution in [0.25, 0.3) is 0 Å². The Balaban J connectivity index is 1.36. The van der Waals surface area contributed by atoms with E-state index in [0.717, 1.165) is 24.3 Å². The zero-order valence-electron chi connectivity index (χ0n) is 15.4. The third-order valence-corrected chi connectivity index (χ3v) is 4.98. The van der Waals surface area contributed by atoms with E-state index < -0.39 is 0 Å². The van der Waals surface area contributed by atoms with Crippen molar-refractivity contribution in [2.75, 3.05) is 5.32 Å². The molecule has 1 aliphatic rings. The van der Waals surface area contributed by atoms with Gasteiger partial charge in [-0.3, -0.25) is 4.79 Å². The second kappa shape index (κ2) is 8.39. The normalized spacial score (nSPS) is 13.0. The minimum atomic E-state index is -0.224. The summed E-state index contributed by atoms with van der Waals surface area (Å²) in [4.78, 5) is 12.3. The molecule has 4 rings (SSSR count). The van der Waals surface area contributed by atoms with Gasteiger partial charge in [-0.1, -0.05) is 24.3 Å². The maximum atomic E-state index is 12.2. The largest absolute Gasteiger partial charge is 0.484 e. The van der Waals surface area contributed by atoms with Gasteiger partial charge in [0, 0.05) is 5.69 Å². The van der Waals surface area contributed by atoms with Gasteiger partial charge < -0.3 is 14.5 Å². The predicted molar refractivity (Wildman–Crippen MR) is 108 cm³/mol. The van der Waals surface area contributed by atoms with Gasteiger partial charge in [0.25, 0.3) is 10.7 Å². The zero-order valence-corrected chi connectivity index (χ0v) is 16.2. The molecule has 1 aliphatic carbocycles. The predicted octanol–water partition coefficient (Wildman–Crippen LogP) is 4.30. The topological polar surface area (TPSA) is 69.3 Å². The van der Waals surface area contributed by atoms with Crippen LogP contribution in [0.2, 0.25) is 0 Å². The zero-order chi connectivity index (χ0) is 19.3. The monoisotopic (exact) mass is 395 g/mol. The minimum Gasteiger partial charge on any atom is -0.484 e. The van der Waals surface area contributed by atoms with Gasteiger partial charge in [-0.05, 0) is 73.3 Å². The number of benzene rings is 2. The van der Waals surface area contributed by atoms with Crippen molar-refractivity contribution in [2.24, 2.45) is 0 Å². The molecule has 0 aliphatic heterocycles. The summed E-state index contributed by atoms with van der Waals surface area (Å²) in [5.41, 5.74) is 3.48. The number of hydrogen-bond donors (Lipinski definition) is 1. The highest BCUT2D eigenvalue weighted by Crippen LogP contribution is 2.25. The molecule has 0 fully saturated rings. The number of aromatic nitrogens is 2. The fraction of sp³-hybridized carbons (Fsp3) is 0.286. The molecule has 0 atom stereocenters. The van der Waals surface area contributed by atoms with E-state index in [1.807, 2.05) is 36.4 Å². The number of ether oxygens (including phenoxy) is 1. The van der Waals surface area contributed by atoms with Crippen molar-refractivity contribution in [1.82, 2.24) is 9.78 Å². The summed E-state index contributed by atoms with van der Waals surface area (Å²) >= 11 is 5.16. The van der Waals surface area contributed by atoms with Crippen molar-refractivity contribution in [1.29, 1.82) is 0 Å². The molecule has 1 aromatic heterocycles. The lowest BCUT2D eigenvalue weighted by Crippen LogP contribution is -2.19. The van der Waals surface area contributed by atoms with E-state index in [-0.39, 0.29) is 23.9 Å². The third-order valence-electron chi connectivity index (χ3n) is 4.68. The van der Waals surface area contributed by atoms with Gasteiger partial charge >= 0.3 is 0 Å². The molecular weight excluding hydrogens is 374 g/mol. The number of anilines is 1. The molecular formula is C21H21N3O3S. The Morgan fingerprint density at radius 1 is 1.14 bits per heavy atom. The molecule has 0 bridgehead atoms. The lowest BCUT2D eigenvalue weighted by Gasteiger charge is -2.16. The molecule has 144 valence electrons. The molecule has 0 saturated heterocycles. The van der Waals surface area contributed by atoms with Gasteiger partial charge in [0.05, 0.1) is 0 Å². The molecule has 3 aromatic rings. The van der Waals surface area contributed by atoms with E-state index in [1.54, 1.807) is 0 Å². The molecule has 28 heavy (non-hydrogen) atoms. The van der Waals surface area contributed by atoms with Crippen LogP contribution in [0.4, 0.5) is 5.69 Å². The molecule has 0 spiro atoms. The number of hydrogen-bond acceptors (Lipinski definition) is 5. The number of aryl methyl sites for hydroxylation is 2. The number of carbonyl (C=O) groups is 1. The molecule has 0 radical (unpaired) electrons. The summed E-state index contributed by atoms with van der Waals surface area (Å²) in [7, 11) is 0. The van der Waals surface area contributed by atoms with E-state index >= 15 is 0 Å². The Morgan fingerprint density at radius 2 is 1.93 bits per heavy atom. The van der Waals surface area contributed by atoms with Crippen LogP contribution in [-0.4, -0.2) is 15.7 Å². The molecule has 0 unspecified atom stereocenters. The summed E-state index contributed by atoms with van der Waals surface area (Å²) in [6.07, 6.45) is 4.71. The van der Waals surface area contributed by atoms with Crippen LogP contribution < -0.4 is 10.1 Å². The Kier molecular flexibility index (Phi) is 5.53. The first-order valence-corrected chi connectivity index (χ1v) is 9.74. The fourth-order valence-electron chi connectivity index (χ4n) is 3.31. The van der Waals surface area contributed by atoms with Crippen LogP contribution >= 0.6 is 12.2 Å². The highest BCUT2D eigenvalue weighted by molar-refractivity contribution is 7.71. The molecule has 2 aromatic carbocycles. The number of para-hydroxylation sites is 1. The number of nitrogens with zero attached hydrogens (tertiary/aromatic N) is 2. The Hall–Kier alpha value is -2.93. The molecule has 6 nitrogen and oxygen atoms in total. The lowest BCUT2D eigenvalue weighted by molar-refractivity contribution is -0.117. The average Bonchev–Trinajstić information content (AvgIpc) is 3.06. The van der Waals surface area contributed by atoms with Crippen LogP contribution in [0.5, 0.6) is 5.75 Å². The van der Waals surface area contributed by atoms with Crippen molar-refractivity contribution in [3.05, 3.63) is 70.4 Å². The summed E-state index contributed by atoms with van der Waals surface area (Å²) in [5.74, 6) is 0.908. The summed E-state index contributed by atoms with van der Waals surface area (Å²) in [5, 5.41) is 7.05. The highest BCUT2D eigenvalue weighted by atomic mass is 32.1. The van der Waals surface area contributed by atoms with Crippen molar-refractivity contribution in [3.8, 4) is 5.75 Å². The number of fused-ring (bicyclic) bond motifs is 1. The fourth-order valence-corrected chi connectivity index (χ4v) is 3.51. The second-order valence-electron chi connectivity index (χ2n) is 6.76. The van der Waals surface area contributed by atoms with Gasteiger partial charge in [0.2, 0.25) is 5.91 Å². The van der Waals surface area contributed by atoms with E-state index in [2.05, 4.69) is 22.5 Å². The second-order valence-corrected chi connectivity index (χ2v) is 7.11. The van der Waals surface area contributed by atoms with Crippen LogP contribution in [0.3, 0.4) is 0 Å². The maximum Gasteiger partial charge on any atom is 0.287 e.